The van der Waals surface area contributed by atoms with Gasteiger partial charge in [-0.1, -0.05) is 29.8 Å². The summed E-state index contributed by atoms with van der Waals surface area (Å²) in [6.07, 6.45) is 1.03. The third kappa shape index (κ3) is 3.18. The van der Waals surface area contributed by atoms with E-state index in [0.717, 1.165) is 6.42 Å². The molecule has 17 heavy (non-hydrogen) atoms. The lowest BCUT2D eigenvalue weighted by molar-refractivity contribution is 0.600. The van der Waals surface area contributed by atoms with Gasteiger partial charge in [-0.25, -0.2) is 0 Å². The maximum atomic E-state index is 3.61. The van der Waals surface area contributed by atoms with Gasteiger partial charge in [-0.2, -0.15) is 0 Å². The topological polar surface area (TPSA) is 12.0 Å². The summed E-state index contributed by atoms with van der Waals surface area (Å²) in [5, 5.41) is 5.52. The monoisotopic (exact) mass is 309 g/mol. The zero-order valence-corrected chi connectivity index (χ0v) is 12.4. The van der Waals surface area contributed by atoms with Crippen LogP contribution in [0.1, 0.15) is 22.0 Å². The van der Waals surface area contributed by atoms with Crippen molar-refractivity contribution in [2.45, 2.75) is 19.4 Å². The molecule has 90 valence electrons. The maximum absolute atomic E-state index is 3.61. The molecule has 2 rings (SSSR count). The van der Waals surface area contributed by atoms with Crippen LogP contribution >= 0.6 is 27.3 Å². The number of aryl methyl sites for hydroxylation is 1. The summed E-state index contributed by atoms with van der Waals surface area (Å²) in [6, 6.07) is 11.2. The molecular weight excluding hydrogens is 294 g/mol. The first-order valence-electron chi connectivity index (χ1n) is 5.66. The summed E-state index contributed by atoms with van der Waals surface area (Å²) in [5.74, 6) is 0. The molecule has 1 unspecified atom stereocenters. The Balaban J connectivity index is 2.19. The highest BCUT2D eigenvalue weighted by molar-refractivity contribution is 9.10. The average Bonchev–Trinajstić information content (AvgIpc) is 2.72. The van der Waals surface area contributed by atoms with Gasteiger partial charge >= 0.3 is 0 Å². The lowest BCUT2D eigenvalue weighted by Gasteiger charge is -2.15. The molecule has 1 atom stereocenters. The van der Waals surface area contributed by atoms with Gasteiger partial charge in [0.2, 0.25) is 0 Å². The van der Waals surface area contributed by atoms with Crippen LogP contribution in [0.5, 0.6) is 0 Å². The highest BCUT2D eigenvalue weighted by atomic mass is 79.9. The Kier molecular flexibility index (Phi) is 4.37. The van der Waals surface area contributed by atoms with Gasteiger partial charge in [-0.3, -0.25) is 0 Å². The van der Waals surface area contributed by atoms with Crippen LogP contribution in [0.15, 0.2) is 40.2 Å². The molecule has 0 amide bonds. The van der Waals surface area contributed by atoms with Crippen molar-refractivity contribution in [1.82, 2.24) is 5.32 Å². The van der Waals surface area contributed by atoms with E-state index in [1.165, 1.54) is 20.5 Å². The second-order valence-corrected chi connectivity index (χ2v) is 5.97. The van der Waals surface area contributed by atoms with Gasteiger partial charge < -0.3 is 5.32 Å². The molecule has 1 aromatic heterocycles. The molecule has 1 nitrogen and oxygen atoms in total. The van der Waals surface area contributed by atoms with E-state index in [0.29, 0.717) is 6.04 Å². The fourth-order valence-corrected chi connectivity index (χ4v) is 3.72. The Morgan fingerprint density at radius 3 is 2.76 bits per heavy atom. The van der Waals surface area contributed by atoms with E-state index >= 15 is 0 Å². The number of rotatable bonds is 4. The van der Waals surface area contributed by atoms with Crippen LogP contribution in [0.2, 0.25) is 0 Å². The van der Waals surface area contributed by atoms with Crippen molar-refractivity contribution in [2.75, 3.05) is 7.05 Å². The van der Waals surface area contributed by atoms with Crippen LogP contribution in [-0.4, -0.2) is 7.05 Å². The van der Waals surface area contributed by atoms with Crippen molar-refractivity contribution < 1.29 is 0 Å². The zero-order chi connectivity index (χ0) is 12.3. The first-order valence-corrected chi connectivity index (χ1v) is 7.33. The quantitative estimate of drug-likeness (QED) is 0.886. The molecule has 0 aliphatic heterocycles. The Bertz CT molecular complexity index is 492. The van der Waals surface area contributed by atoms with E-state index < -0.39 is 0 Å². The molecule has 0 fully saturated rings. The lowest BCUT2D eigenvalue weighted by Crippen LogP contribution is -2.18. The van der Waals surface area contributed by atoms with Gasteiger partial charge in [0.1, 0.15) is 0 Å². The van der Waals surface area contributed by atoms with E-state index in [-0.39, 0.29) is 0 Å². The molecule has 1 N–H and O–H groups in total. The molecule has 0 saturated carbocycles. The third-order valence-corrected chi connectivity index (χ3v) is 4.82. The van der Waals surface area contributed by atoms with E-state index in [9.17, 15) is 0 Å². The van der Waals surface area contributed by atoms with Crippen LogP contribution in [0.4, 0.5) is 0 Å². The number of nitrogens with one attached hydrogen (secondary N) is 1. The van der Waals surface area contributed by atoms with E-state index in [2.05, 4.69) is 63.9 Å². The number of halogens is 1. The normalized spacial score (nSPS) is 12.6. The van der Waals surface area contributed by atoms with Crippen LogP contribution in [0, 0.1) is 6.92 Å². The largest absolute Gasteiger partial charge is 0.312 e. The van der Waals surface area contributed by atoms with Gasteiger partial charge in [0.15, 0.2) is 0 Å². The molecule has 2 aromatic rings. The SMILES string of the molecule is CNC(Cc1cccc(C)c1)c1sccc1Br. The van der Waals surface area contributed by atoms with Crippen molar-refractivity contribution in [3.8, 4) is 0 Å². The van der Waals surface area contributed by atoms with Crippen molar-refractivity contribution in [3.63, 3.8) is 0 Å². The van der Waals surface area contributed by atoms with Crippen molar-refractivity contribution in [3.05, 3.63) is 56.2 Å². The summed E-state index contributed by atoms with van der Waals surface area (Å²) in [6.45, 7) is 2.14. The standard InChI is InChI=1S/C14H16BrNS/c1-10-4-3-5-11(8-10)9-13(16-2)14-12(15)6-7-17-14/h3-8,13,16H,9H2,1-2H3. The van der Waals surface area contributed by atoms with Gasteiger partial charge in [-0.05, 0) is 53.3 Å². The summed E-state index contributed by atoms with van der Waals surface area (Å²) < 4.78 is 1.20. The molecule has 1 heterocycles. The minimum absolute atomic E-state index is 0.381. The summed E-state index contributed by atoms with van der Waals surface area (Å²) in [7, 11) is 2.02. The molecular formula is C14H16BrNS. The lowest BCUT2D eigenvalue weighted by atomic mass is 10.0. The van der Waals surface area contributed by atoms with E-state index in [1.54, 1.807) is 11.3 Å². The van der Waals surface area contributed by atoms with E-state index in [4.69, 9.17) is 0 Å². The van der Waals surface area contributed by atoms with Crippen LogP contribution in [-0.2, 0) is 6.42 Å². The number of hydrogen-bond donors (Lipinski definition) is 1. The second-order valence-electron chi connectivity index (χ2n) is 4.17. The minimum Gasteiger partial charge on any atom is -0.312 e. The molecule has 0 saturated heterocycles. The Morgan fingerprint density at radius 2 is 2.18 bits per heavy atom. The summed E-state index contributed by atoms with van der Waals surface area (Å²) >= 11 is 5.40. The molecule has 3 heteroatoms. The van der Waals surface area contributed by atoms with Crippen LogP contribution in [0.3, 0.4) is 0 Å². The van der Waals surface area contributed by atoms with Gasteiger partial charge in [-0.15, -0.1) is 11.3 Å². The molecule has 1 aromatic carbocycles. The first kappa shape index (κ1) is 12.8. The second kappa shape index (κ2) is 5.80. The highest BCUT2D eigenvalue weighted by Crippen LogP contribution is 2.30. The molecule has 0 bridgehead atoms. The first-order chi connectivity index (χ1) is 8.20. The number of likely N-dealkylation sites (N-methyl/N-ethyl adjacent to an activating group) is 1. The van der Waals surface area contributed by atoms with Gasteiger partial charge in [0.05, 0.1) is 0 Å². The highest BCUT2D eigenvalue weighted by Gasteiger charge is 2.14. The maximum Gasteiger partial charge on any atom is 0.0464 e. The fraction of sp³-hybridized carbons (Fsp3) is 0.286. The number of hydrogen-bond acceptors (Lipinski definition) is 2. The predicted octanol–water partition coefficient (Wildman–Crippen LogP) is 4.32. The smallest absolute Gasteiger partial charge is 0.0464 e. The van der Waals surface area contributed by atoms with Crippen LogP contribution < -0.4 is 5.32 Å². The summed E-state index contributed by atoms with van der Waals surface area (Å²) in [5.41, 5.74) is 2.70. The number of benzene rings is 1. The van der Waals surface area contributed by atoms with Crippen molar-refractivity contribution in [2.24, 2.45) is 0 Å². The predicted molar refractivity (Wildman–Crippen MR) is 78.7 cm³/mol. The average molecular weight is 310 g/mol. The van der Waals surface area contributed by atoms with Crippen molar-refractivity contribution in [1.29, 1.82) is 0 Å². The van der Waals surface area contributed by atoms with Gasteiger partial charge in [0, 0.05) is 15.4 Å². The van der Waals surface area contributed by atoms with E-state index in [1.807, 2.05) is 7.05 Å². The van der Waals surface area contributed by atoms with Crippen LogP contribution in [0.25, 0.3) is 0 Å². The molecule has 0 radical (unpaired) electrons. The molecule has 0 spiro atoms. The molecule has 0 aliphatic rings. The fourth-order valence-electron chi connectivity index (χ4n) is 1.95. The summed E-state index contributed by atoms with van der Waals surface area (Å²) in [4.78, 5) is 1.37. The van der Waals surface area contributed by atoms with Crippen molar-refractivity contribution >= 4 is 27.3 Å². The third-order valence-electron chi connectivity index (χ3n) is 2.83. The van der Waals surface area contributed by atoms with Gasteiger partial charge in [0.25, 0.3) is 0 Å². The Morgan fingerprint density at radius 1 is 1.35 bits per heavy atom. The Labute approximate surface area is 115 Å². The zero-order valence-electron chi connectivity index (χ0n) is 10.0. The Hall–Kier alpha value is -0.640. The molecule has 0 aliphatic carbocycles. The minimum atomic E-state index is 0.381. The number of thiophene rings is 1.